The third kappa shape index (κ3) is 3.70. The van der Waals surface area contributed by atoms with Gasteiger partial charge in [-0.25, -0.2) is 4.79 Å². The third-order valence-electron chi connectivity index (χ3n) is 4.16. The van der Waals surface area contributed by atoms with Crippen LogP contribution in [0, 0.1) is 11.8 Å². The Kier molecular flexibility index (Phi) is 4.53. The van der Waals surface area contributed by atoms with Crippen molar-refractivity contribution in [2.24, 2.45) is 11.8 Å². The first-order chi connectivity index (χ1) is 10.4. The van der Waals surface area contributed by atoms with Gasteiger partial charge in [0.05, 0.1) is 12.6 Å². The second kappa shape index (κ2) is 5.85. The largest absolute Gasteiger partial charge is 0.471 e. The molecular weight excluding hydrogens is 317 g/mol. The number of aliphatic hydroxyl groups excluding tert-OH is 1. The minimum absolute atomic E-state index is 0.0706. The van der Waals surface area contributed by atoms with Gasteiger partial charge in [-0.3, -0.25) is 4.79 Å². The predicted molar refractivity (Wildman–Crippen MR) is 73.4 cm³/mol. The molecule has 6 nitrogen and oxygen atoms in total. The van der Waals surface area contributed by atoms with Crippen LogP contribution in [0.15, 0.2) is 0 Å². The summed E-state index contributed by atoms with van der Waals surface area (Å²) in [6, 6.07) is -0.638. The molecule has 2 fully saturated rings. The van der Waals surface area contributed by atoms with Crippen LogP contribution in [0.1, 0.15) is 20.8 Å². The third-order valence-corrected chi connectivity index (χ3v) is 4.16. The Morgan fingerprint density at radius 2 is 1.78 bits per heavy atom. The SMILES string of the molecule is CC(C)(C)OC(=O)N1CC2CN(C(=O)C(F)(F)F)CC2C1CO. The average molecular weight is 338 g/mol. The highest BCUT2D eigenvalue weighted by Gasteiger charge is 2.53. The van der Waals surface area contributed by atoms with Gasteiger partial charge in [0.15, 0.2) is 0 Å². The Morgan fingerprint density at radius 3 is 2.26 bits per heavy atom. The Hall–Kier alpha value is -1.51. The van der Waals surface area contributed by atoms with E-state index in [1.807, 2.05) is 0 Å². The molecule has 1 N–H and O–H groups in total. The molecule has 132 valence electrons. The lowest BCUT2D eigenvalue weighted by Gasteiger charge is -2.30. The molecule has 9 heteroatoms. The summed E-state index contributed by atoms with van der Waals surface area (Å²) in [5.41, 5.74) is -0.701. The van der Waals surface area contributed by atoms with Crippen molar-refractivity contribution in [3.63, 3.8) is 0 Å². The van der Waals surface area contributed by atoms with Gasteiger partial charge < -0.3 is 19.6 Å². The van der Waals surface area contributed by atoms with Gasteiger partial charge in [-0.05, 0) is 20.8 Å². The summed E-state index contributed by atoms with van der Waals surface area (Å²) in [6.07, 6.45) is -5.50. The predicted octanol–water partition coefficient (Wildman–Crippen LogP) is 1.23. The van der Waals surface area contributed by atoms with Crippen molar-refractivity contribution in [2.75, 3.05) is 26.2 Å². The maximum absolute atomic E-state index is 12.5. The Morgan fingerprint density at radius 1 is 1.17 bits per heavy atom. The fourth-order valence-electron chi connectivity index (χ4n) is 3.25. The molecular formula is C14H21F3N2O4. The second-order valence-electron chi connectivity index (χ2n) is 7.01. The van der Waals surface area contributed by atoms with Crippen LogP contribution in [0.25, 0.3) is 0 Å². The Bertz CT molecular complexity index is 489. The zero-order valence-electron chi connectivity index (χ0n) is 13.3. The molecule has 3 atom stereocenters. The number of alkyl halides is 3. The first-order valence-corrected chi connectivity index (χ1v) is 7.40. The monoisotopic (exact) mass is 338 g/mol. The molecule has 0 aromatic heterocycles. The number of nitrogens with zero attached hydrogens (tertiary/aromatic N) is 2. The molecule has 2 heterocycles. The van der Waals surface area contributed by atoms with Crippen LogP contribution in [0.4, 0.5) is 18.0 Å². The highest BCUT2D eigenvalue weighted by molar-refractivity contribution is 5.82. The molecule has 0 spiro atoms. The van der Waals surface area contributed by atoms with Crippen LogP contribution in [-0.2, 0) is 9.53 Å². The zero-order chi connectivity index (χ0) is 17.6. The maximum Gasteiger partial charge on any atom is 0.471 e. The van der Waals surface area contributed by atoms with Crippen molar-refractivity contribution < 1.29 is 32.6 Å². The summed E-state index contributed by atoms with van der Waals surface area (Å²) >= 11 is 0. The fourth-order valence-corrected chi connectivity index (χ4v) is 3.25. The number of carbonyl (C=O) groups is 2. The number of aliphatic hydroxyl groups is 1. The van der Waals surface area contributed by atoms with Gasteiger partial charge in [-0.2, -0.15) is 13.2 Å². The molecule has 0 radical (unpaired) electrons. The van der Waals surface area contributed by atoms with Crippen molar-refractivity contribution >= 4 is 12.0 Å². The molecule has 0 aliphatic carbocycles. The smallest absolute Gasteiger partial charge is 0.444 e. The van der Waals surface area contributed by atoms with E-state index < -0.39 is 29.8 Å². The van der Waals surface area contributed by atoms with Crippen LogP contribution in [-0.4, -0.2) is 71.0 Å². The molecule has 3 unspecified atom stereocenters. The molecule has 0 aromatic carbocycles. The highest BCUT2D eigenvalue weighted by Crippen LogP contribution is 2.38. The van der Waals surface area contributed by atoms with Gasteiger partial charge in [0.25, 0.3) is 0 Å². The molecule has 2 aliphatic rings. The highest BCUT2D eigenvalue weighted by atomic mass is 19.4. The van der Waals surface area contributed by atoms with E-state index in [2.05, 4.69) is 0 Å². The van der Waals surface area contributed by atoms with Crippen molar-refractivity contribution in [3.05, 3.63) is 0 Å². The van der Waals surface area contributed by atoms with Crippen molar-refractivity contribution in [1.82, 2.24) is 9.80 Å². The molecule has 2 aliphatic heterocycles. The number of likely N-dealkylation sites (tertiary alicyclic amines) is 2. The van der Waals surface area contributed by atoms with E-state index in [-0.39, 0.29) is 38.1 Å². The van der Waals surface area contributed by atoms with Crippen LogP contribution >= 0.6 is 0 Å². The first-order valence-electron chi connectivity index (χ1n) is 7.40. The Labute approximate surface area is 132 Å². The van der Waals surface area contributed by atoms with Crippen LogP contribution in [0.3, 0.4) is 0 Å². The van der Waals surface area contributed by atoms with E-state index in [0.717, 1.165) is 4.90 Å². The van der Waals surface area contributed by atoms with Gasteiger partial charge in [0.1, 0.15) is 5.60 Å². The van der Waals surface area contributed by atoms with Gasteiger partial charge in [0, 0.05) is 31.5 Å². The number of rotatable bonds is 1. The molecule has 0 aromatic rings. The van der Waals surface area contributed by atoms with Gasteiger partial charge in [-0.15, -0.1) is 0 Å². The van der Waals surface area contributed by atoms with E-state index in [1.54, 1.807) is 20.8 Å². The standard InChI is InChI=1S/C14H21F3N2O4/c1-13(2,3)23-12(22)19-5-8-4-18(11(21)14(15,16)17)6-9(8)10(19)7-20/h8-10,20H,4-7H2,1-3H3. The van der Waals surface area contributed by atoms with Gasteiger partial charge in [-0.1, -0.05) is 0 Å². The fraction of sp³-hybridized carbons (Fsp3) is 0.857. The van der Waals surface area contributed by atoms with Gasteiger partial charge >= 0.3 is 18.2 Å². The molecule has 2 rings (SSSR count). The van der Waals surface area contributed by atoms with Crippen LogP contribution in [0.5, 0.6) is 0 Å². The van der Waals surface area contributed by atoms with Crippen molar-refractivity contribution in [2.45, 2.75) is 38.6 Å². The van der Waals surface area contributed by atoms with E-state index in [9.17, 15) is 27.9 Å². The number of halogens is 3. The maximum atomic E-state index is 12.5. The number of hydrogen-bond acceptors (Lipinski definition) is 4. The molecule has 2 amide bonds. The topological polar surface area (TPSA) is 70.1 Å². The normalized spacial score (nSPS) is 28.0. The summed E-state index contributed by atoms with van der Waals surface area (Å²) in [5.74, 6) is -2.53. The minimum atomic E-state index is -4.90. The number of ether oxygens (including phenoxy) is 1. The van der Waals surface area contributed by atoms with E-state index in [1.165, 1.54) is 4.90 Å². The summed E-state index contributed by atoms with van der Waals surface area (Å²) in [4.78, 5) is 25.6. The summed E-state index contributed by atoms with van der Waals surface area (Å²) in [6.45, 7) is 4.73. The summed E-state index contributed by atoms with van der Waals surface area (Å²) < 4.78 is 42.8. The summed E-state index contributed by atoms with van der Waals surface area (Å²) in [7, 11) is 0. The zero-order valence-corrected chi connectivity index (χ0v) is 13.3. The van der Waals surface area contributed by atoms with Crippen LogP contribution < -0.4 is 0 Å². The number of fused-ring (bicyclic) bond motifs is 1. The quantitative estimate of drug-likeness (QED) is 0.781. The lowest BCUT2D eigenvalue weighted by Crippen LogP contribution is -2.47. The number of amides is 2. The van der Waals surface area contributed by atoms with Gasteiger partial charge in [0.2, 0.25) is 0 Å². The van der Waals surface area contributed by atoms with Crippen molar-refractivity contribution in [3.8, 4) is 0 Å². The summed E-state index contributed by atoms with van der Waals surface area (Å²) in [5, 5.41) is 9.54. The molecule has 23 heavy (non-hydrogen) atoms. The molecule has 0 bridgehead atoms. The second-order valence-corrected chi connectivity index (χ2v) is 7.01. The van der Waals surface area contributed by atoms with E-state index in [4.69, 9.17) is 4.74 Å². The lowest BCUT2D eigenvalue weighted by atomic mass is 9.95. The van der Waals surface area contributed by atoms with E-state index >= 15 is 0 Å². The van der Waals surface area contributed by atoms with E-state index in [0.29, 0.717) is 0 Å². The number of hydrogen-bond donors (Lipinski definition) is 1. The molecule has 0 saturated carbocycles. The lowest BCUT2D eigenvalue weighted by molar-refractivity contribution is -0.184. The van der Waals surface area contributed by atoms with Crippen LogP contribution in [0.2, 0.25) is 0 Å². The minimum Gasteiger partial charge on any atom is -0.444 e. The van der Waals surface area contributed by atoms with Crippen molar-refractivity contribution in [1.29, 1.82) is 0 Å². The Balaban J connectivity index is 2.06. The average Bonchev–Trinajstić information content (AvgIpc) is 2.90. The number of carbonyl (C=O) groups excluding carboxylic acids is 2. The molecule has 2 saturated heterocycles. The first kappa shape index (κ1) is 17.8.